The molecule has 0 fully saturated rings. The van der Waals surface area contributed by atoms with Gasteiger partial charge in [0.05, 0.1) is 20.3 Å². The van der Waals surface area contributed by atoms with Crippen LogP contribution in [0.5, 0.6) is 0 Å². The molecule has 0 aliphatic heterocycles. The summed E-state index contributed by atoms with van der Waals surface area (Å²) in [6, 6.07) is 10.1. The molecule has 30 heavy (non-hydrogen) atoms. The Hall–Kier alpha value is 1.53. The minimum absolute atomic E-state index is 0. The molecule has 2 aromatic carbocycles. The molecule has 0 N–H and O–H groups in total. The number of fused-ring (bicyclic) bond motifs is 2. The summed E-state index contributed by atoms with van der Waals surface area (Å²) >= 11 is 0. The molecule has 0 saturated carbocycles. The molecule has 0 radical (unpaired) electrons. The van der Waals surface area contributed by atoms with E-state index < -0.39 is 36.3 Å². The van der Waals surface area contributed by atoms with Crippen molar-refractivity contribution in [3.63, 3.8) is 0 Å². The summed E-state index contributed by atoms with van der Waals surface area (Å²) in [5, 5.41) is -1.30. The fraction of sp³-hybridized carbons (Fsp3) is 0.400. The predicted molar refractivity (Wildman–Crippen MR) is 101 cm³/mol. The Labute approximate surface area is 262 Å². The Morgan fingerprint density at radius 1 is 0.800 bits per heavy atom. The van der Waals surface area contributed by atoms with Crippen LogP contribution in [0.1, 0.15) is 53.0 Å². The molecule has 2 aliphatic carbocycles. The first-order chi connectivity index (χ1) is 13.2. The van der Waals surface area contributed by atoms with E-state index in [0.29, 0.717) is 18.4 Å². The van der Waals surface area contributed by atoms with Gasteiger partial charge in [0, 0.05) is 5.92 Å². The molecule has 0 amide bonds. The maximum atomic E-state index is 12.1. The van der Waals surface area contributed by atoms with Crippen molar-refractivity contribution in [2.45, 2.75) is 54.6 Å². The first-order valence-corrected chi connectivity index (χ1v) is 12.2. The number of rotatable bonds is 3. The van der Waals surface area contributed by atoms with Crippen LogP contribution in [0.25, 0.3) is 0 Å². The zero-order valence-corrected chi connectivity index (χ0v) is 25.0. The Kier molecular flexibility index (Phi) is 10.0. The van der Waals surface area contributed by atoms with Gasteiger partial charge in [-0.25, -0.2) is 16.8 Å². The summed E-state index contributed by atoms with van der Waals surface area (Å²) in [7, 11) is -9.54. The number of benzene rings is 2. The third kappa shape index (κ3) is 5.60. The van der Waals surface area contributed by atoms with Crippen LogP contribution in [0.15, 0.2) is 41.3 Å². The SMILES string of the molecule is O=S(=O)([O-])c1ccc2c(c1[C@H]1c3ccccc3CCC1S(=O)(=O)[O-])CCCC2.[K+].[K+]. The van der Waals surface area contributed by atoms with E-state index in [1.807, 2.05) is 12.1 Å². The van der Waals surface area contributed by atoms with Crippen molar-refractivity contribution in [1.29, 1.82) is 0 Å². The van der Waals surface area contributed by atoms with Crippen molar-refractivity contribution < 1.29 is 129 Å². The summed E-state index contributed by atoms with van der Waals surface area (Å²) in [5.74, 6) is -0.945. The monoisotopic (exact) mass is 498 g/mol. The van der Waals surface area contributed by atoms with Crippen LogP contribution in [0.2, 0.25) is 0 Å². The summed E-state index contributed by atoms with van der Waals surface area (Å²) < 4.78 is 72.6. The molecular weight excluding hydrogens is 479 g/mol. The van der Waals surface area contributed by atoms with Gasteiger partial charge in [0.25, 0.3) is 0 Å². The topological polar surface area (TPSA) is 114 Å². The molecule has 2 aliphatic rings. The van der Waals surface area contributed by atoms with E-state index in [1.54, 1.807) is 18.2 Å². The minimum atomic E-state index is -4.83. The molecular formula is C20H20K2O6S2. The maximum absolute atomic E-state index is 12.1. The second kappa shape index (κ2) is 10.9. The van der Waals surface area contributed by atoms with Crippen molar-refractivity contribution >= 4 is 20.2 Å². The van der Waals surface area contributed by atoms with Gasteiger partial charge in [-0.15, -0.1) is 0 Å². The Morgan fingerprint density at radius 3 is 2.13 bits per heavy atom. The molecule has 10 heteroatoms. The van der Waals surface area contributed by atoms with E-state index in [2.05, 4.69) is 0 Å². The average molecular weight is 499 g/mol. The van der Waals surface area contributed by atoms with Gasteiger partial charge in [-0.1, -0.05) is 30.3 Å². The van der Waals surface area contributed by atoms with Gasteiger partial charge >= 0.3 is 103 Å². The van der Waals surface area contributed by atoms with Crippen LogP contribution < -0.4 is 103 Å². The zero-order chi connectivity index (χ0) is 20.1. The van der Waals surface area contributed by atoms with Crippen LogP contribution in [0.3, 0.4) is 0 Å². The first kappa shape index (κ1) is 27.8. The standard InChI is InChI=1S/C20H22O6S2.2K/c21-27(22,23)17-11-9-13-5-1-3-7-15(13)19(17)20-16-8-4-2-6-14(16)10-12-18(20)28(24,25)26;;/h1,3,5,7,10,12,17,19H,2,4,6,8-9,11H2,(H,21,22,23)(H,24,25,26);;/q;2*+1/p-2/t17?,19-;;/m0../s1. The van der Waals surface area contributed by atoms with E-state index in [-0.39, 0.29) is 115 Å². The molecule has 0 heterocycles. The Bertz CT molecular complexity index is 1150. The van der Waals surface area contributed by atoms with Gasteiger partial charge in [0.15, 0.2) is 0 Å². The molecule has 4 rings (SSSR count). The maximum Gasteiger partial charge on any atom is 1.00 e. The zero-order valence-electron chi connectivity index (χ0n) is 17.1. The van der Waals surface area contributed by atoms with Gasteiger partial charge < -0.3 is 9.11 Å². The smallest absolute Gasteiger partial charge is 0.748 e. The van der Waals surface area contributed by atoms with Gasteiger partial charge in [0.1, 0.15) is 10.1 Å². The van der Waals surface area contributed by atoms with Crippen molar-refractivity contribution in [3.8, 4) is 0 Å². The van der Waals surface area contributed by atoms with E-state index in [9.17, 15) is 25.9 Å². The van der Waals surface area contributed by atoms with E-state index in [0.717, 1.165) is 36.0 Å². The van der Waals surface area contributed by atoms with Gasteiger partial charge in [-0.05, 0) is 72.4 Å². The normalized spacial score (nSPS) is 20.9. The molecule has 2 aromatic rings. The van der Waals surface area contributed by atoms with Crippen molar-refractivity contribution in [3.05, 3.63) is 64.2 Å². The number of aryl methyl sites for hydroxylation is 2. The molecule has 0 spiro atoms. The van der Waals surface area contributed by atoms with Crippen molar-refractivity contribution in [1.82, 2.24) is 0 Å². The molecule has 1 unspecified atom stereocenters. The molecule has 2 atom stereocenters. The Balaban J connectivity index is 0.00000160. The fourth-order valence-corrected chi connectivity index (χ4v) is 6.55. The second-order valence-corrected chi connectivity index (χ2v) is 10.5. The van der Waals surface area contributed by atoms with Gasteiger partial charge in [-0.3, -0.25) is 0 Å². The van der Waals surface area contributed by atoms with Gasteiger partial charge in [-0.2, -0.15) is 0 Å². The first-order valence-electron chi connectivity index (χ1n) is 9.31. The van der Waals surface area contributed by atoms with Crippen molar-refractivity contribution in [2.75, 3.05) is 0 Å². The van der Waals surface area contributed by atoms with Crippen LogP contribution in [0, 0.1) is 0 Å². The molecule has 6 nitrogen and oxygen atoms in total. The van der Waals surface area contributed by atoms with Crippen LogP contribution in [-0.4, -0.2) is 31.2 Å². The van der Waals surface area contributed by atoms with E-state index in [1.165, 1.54) is 6.07 Å². The summed E-state index contributed by atoms with van der Waals surface area (Å²) in [6.45, 7) is 0. The number of hydrogen-bond donors (Lipinski definition) is 0. The molecule has 0 aromatic heterocycles. The summed E-state index contributed by atoms with van der Waals surface area (Å²) in [5.41, 5.74) is 3.39. The third-order valence-electron chi connectivity index (χ3n) is 5.95. The summed E-state index contributed by atoms with van der Waals surface area (Å²) in [4.78, 5) is -0.400. The molecule has 0 bridgehead atoms. The van der Waals surface area contributed by atoms with Crippen LogP contribution in [0.4, 0.5) is 0 Å². The quantitative estimate of drug-likeness (QED) is 0.320. The number of hydrogen-bond acceptors (Lipinski definition) is 6. The van der Waals surface area contributed by atoms with Crippen molar-refractivity contribution in [2.24, 2.45) is 0 Å². The fourth-order valence-electron chi connectivity index (χ4n) is 4.78. The average Bonchev–Trinajstić information content (AvgIpc) is 2.64. The van der Waals surface area contributed by atoms with Gasteiger partial charge in [0.2, 0.25) is 0 Å². The largest absolute Gasteiger partial charge is 1.00 e. The molecule has 0 saturated heterocycles. The molecule has 150 valence electrons. The minimum Gasteiger partial charge on any atom is -0.748 e. The van der Waals surface area contributed by atoms with E-state index >= 15 is 0 Å². The third-order valence-corrected chi connectivity index (χ3v) is 8.09. The van der Waals surface area contributed by atoms with E-state index in [4.69, 9.17) is 0 Å². The van der Waals surface area contributed by atoms with Crippen LogP contribution in [-0.2, 0) is 39.5 Å². The second-order valence-electron chi connectivity index (χ2n) is 7.52. The summed E-state index contributed by atoms with van der Waals surface area (Å²) in [6.07, 6.45) is 3.61. The predicted octanol–water partition coefficient (Wildman–Crippen LogP) is -3.53. The Morgan fingerprint density at radius 2 is 1.47 bits per heavy atom. The van der Waals surface area contributed by atoms with Crippen LogP contribution >= 0.6 is 0 Å².